The first-order valence-electron chi connectivity index (χ1n) is 8.78. The minimum Gasteiger partial charge on any atom is -0.399 e. The molecule has 4 rings (SSSR count). The number of fused-ring (bicyclic) bond motifs is 2. The SMILES string of the molecule is Nc1ccc2c(c1)CCCC2NC(=O)CN=C1NS(=O)(=O)c2ccccc21. The lowest BCUT2D eigenvalue weighted by Crippen LogP contribution is -2.33. The molecule has 27 heavy (non-hydrogen) atoms. The summed E-state index contributed by atoms with van der Waals surface area (Å²) in [6.45, 7) is -0.146. The van der Waals surface area contributed by atoms with Gasteiger partial charge in [0.2, 0.25) is 5.91 Å². The summed E-state index contributed by atoms with van der Waals surface area (Å²) < 4.78 is 26.6. The number of aliphatic imine (C=N–C) groups is 1. The fourth-order valence-corrected chi connectivity index (χ4v) is 4.88. The number of amides is 1. The summed E-state index contributed by atoms with van der Waals surface area (Å²) in [7, 11) is -3.60. The van der Waals surface area contributed by atoms with Crippen LogP contribution in [-0.4, -0.2) is 26.7 Å². The van der Waals surface area contributed by atoms with Gasteiger partial charge in [0.05, 0.1) is 10.9 Å². The minimum absolute atomic E-state index is 0.0744. The Morgan fingerprint density at radius 2 is 2.07 bits per heavy atom. The van der Waals surface area contributed by atoms with Gasteiger partial charge in [-0.25, -0.2) is 8.42 Å². The number of sulfonamides is 1. The van der Waals surface area contributed by atoms with Crippen LogP contribution < -0.4 is 15.8 Å². The second-order valence-electron chi connectivity index (χ2n) is 6.74. The summed E-state index contributed by atoms with van der Waals surface area (Å²) in [5.74, 6) is -0.0432. The van der Waals surface area contributed by atoms with Crippen LogP contribution in [0.3, 0.4) is 0 Å². The number of benzene rings is 2. The number of hydrogen-bond acceptors (Lipinski definition) is 5. The summed E-state index contributed by atoms with van der Waals surface area (Å²) in [4.78, 5) is 16.8. The third-order valence-corrected chi connectivity index (χ3v) is 6.26. The van der Waals surface area contributed by atoms with E-state index in [-0.39, 0.29) is 29.2 Å². The summed E-state index contributed by atoms with van der Waals surface area (Å²) in [6, 6.07) is 12.3. The highest BCUT2D eigenvalue weighted by molar-refractivity contribution is 7.90. The number of nitrogens with two attached hydrogens (primary N) is 1. The summed E-state index contributed by atoms with van der Waals surface area (Å²) in [5, 5.41) is 3.00. The Morgan fingerprint density at radius 3 is 2.93 bits per heavy atom. The molecule has 1 unspecified atom stereocenters. The highest BCUT2D eigenvalue weighted by Gasteiger charge is 2.30. The topological polar surface area (TPSA) is 114 Å². The van der Waals surface area contributed by atoms with Gasteiger partial charge in [-0.3, -0.25) is 14.5 Å². The second kappa shape index (κ2) is 6.70. The number of anilines is 1. The molecule has 1 heterocycles. The van der Waals surface area contributed by atoms with E-state index in [1.165, 1.54) is 6.07 Å². The molecule has 2 aliphatic rings. The monoisotopic (exact) mass is 384 g/mol. The molecule has 2 aromatic carbocycles. The van der Waals surface area contributed by atoms with Gasteiger partial charge in [0.25, 0.3) is 10.0 Å². The van der Waals surface area contributed by atoms with E-state index in [1.54, 1.807) is 18.2 Å². The lowest BCUT2D eigenvalue weighted by atomic mass is 9.87. The zero-order valence-corrected chi connectivity index (χ0v) is 15.4. The van der Waals surface area contributed by atoms with Crippen molar-refractivity contribution in [1.29, 1.82) is 0 Å². The van der Waals surface area contributed by atoms with E-state index in [2.05, 4.69) is 15.0 Å². The zero-order valence-electron chi connectivity index (χ0n) is 14.6. The molecular formula is C19H20N4O3S. The number of nitrogens with one attached hydrogen (secondary N) is 2. The van der Waals surface area contributed by atoms with Gasteiger partial charge in [-0.15, -0.1) is 0 Å². The first-order chi connectivity index (χ1) is 12.9. The zero-order chi connectivity index (χ0) is 19.0. The molecule has 2 aromatic rings. The predicted molar refractivity (Wildman–Crippen MR) is 103 cm³/mol. The Balaban J connectivity index is 1.48. The Kier molecular flexibility index (Phi) is 4.35. The first kappa shape index (κ1) is 17.5. The van der Waals surface area contributed by atoms with E-state index >= 15 is 0 Å². The van der Waals surface area contributed by atoms with Crippen LogP contribution in [0.1, 0.15) is 35.6 Å². The van der Waals surface area contributed by atoms with E-state index in [4.69, 9.17) is 5.73 Å². The second-order valence-corrected chi connectivity index (χ2v) is 8.39. The van der Waals surface area contributed by atoms with Crippen molar-refractivity contribution in [2.24, 2.45) is 4.99 Å². The number of carbonyl (C=O) groups is 1. The van der Waals surface area contributed by atoms with E-state index in [1.807, 2.05) is 18.2 Å². The molecule has 0 saturated heterocycles. The Hall–Kier alpha value is -2.87. The average molecular weight is 384 g/mol. The smallest absolute Gasteiger partial charge is 0.263 e. The molecule has 0 saturated carbocycles. The number of rotatable bonds is 3. The quantitative estimate of drug-likeness (QED) is 0.696. The largest absolute Gasteiger partial charge is 0.399 e. The van der Waals surface area contributed by atoms with Crippen molar-refractivity contribution in [3.63, 3.8) is 0 Å². The van der Waals surface area contributed by atoms with E-state index in [9.17, 15) is 13.2 Å². The molecule has 1 aliphatic heterocycles. The van der Waals surface area contributed by atoms with Gasteiger partial charge in [-0.05, 0) is 54.7 Å². The minimum atomic E-state index is -3.60. The number of amidine groups is 1. The third kappa shape index (κ3) is 3.40. The molecule has 7 nitrogen and oxygen atoms in total. The van der Waals surface area contributed by atoms with Crippen molar-refractivity contribution in [2.45, 2.75) is 30.2 Å². The van der Waals surface area contributed by atoms with Gasteiger partial charge < -0.3 is 11.1 Å². The molecule has 1 aliphatic carbocycles. The Bertz CT molecular complexity index is 1050. The molecule has 8 heteroatoms. The Morgan fingerprint density at radius 1 is 1.26 bits per heavy atom. The van der Waals surface area contributed by atoms with Crippen molar-refractivity contribution in [1.82, 2.24) is 10.0 Å². The molecule has 1 amide bonds. The molecule has 0 spiro atoms. The lowest BCUT2D eigenvalue weighted by Gasteiger charge is -2.26. The maximum absolute atomic E-state index is 12.4. The number of nitrogen functional groups attached to an aromatic ring is 1. The first-order valence-corrected chi connectivity index (χ1v) is 10.3. The van der Waals surface area contributed by atoms with E-state index in [0.717, 1.165) is 36.1 Å². The van der Waals surface area contributed by atoms with Crippen LogP contribution in [0.2, 0.25) is 0 Å². The maximum atomic E-state index is 12.4. The molecule has 0 aromatic heterocycles. The van der Waals surface area contributed by atoms with Crippen molar-refractivity contribution < 1.29 is 13.2 Å². The number of carbonyl (C=O) groups excluding carboxylic acids is 1. The molecule has 4 N–H and O–H groups in total. The van der Waals surface area contributed by atoms with Crippen molar-refractivity contribution in [3.8, 4) is 0 Å². The van der Waals surface area contributed by atoms with Gasteiger partial charge in [0.1, 0.15) is 12.4 Å². The molecule has 0 fully saturated rings. The normalized spacial score (nSPS) is 21.2. The van der Waals surface area contributed by atoms with Crippen LogP contribution in [0.15, 0.2) is 52.4 Å². The van der Waals surface area contributed by atoms with Crippen LogP contribution in [0, 0.1) is 0 Å². The fourth-order valence-electron chi connectivity index (χ4n) is 3.63. The third-order valence-electron chi connectivity index (χ3n) is 4.86. The number of hydrogen-bond donors (Lipinski definition) is 3. The van der Waals surface area contributed by atoms with Gasteiger partial charge in [0.15, 0.2) is 0 Å². The fraction of sp³-hybridized carbons (Fsp3) is 0.263. The van der Waals surface area contributed by atoms with E-state index < -0.39 is 10.0 Å². The lowest BCUT2D eigenvalue weighted by molar-refractivity contribution is -0.120. The van der Waals surface area contributed by atoms with Gasteiger partial charge in [0, 0.05) is 11.3 Å². The highest BCUT2D eigenvalue weighted by Crippen LogP contribution is 2.31. The molecule has 0 radical (unpaired) electrons. The average Bonchev–Trinajstić information content (AvgIpc) is 2.91. The summed E-state index contributed by atoms with van der Waals surface area (Å²) in [5.41, 5.74) is 9.31. The summed E-state index contributed by atoms with van der Waals surface area (Å²) in [6.07, 6.45) is 2.78. The molecule has 1 atom stereocenters. The van der Waals surface area contributed by atoms with Gasteiger partial charge >= 0.3 is 0 Å². The number of aryl methyl sites for hydroxylation is 1. The van der Waals surface area contributed by atoms with Gasteiger partial charge in [-0.2, -0.15) is 0 Å². The highest BCUT2D eigenvalue weighted by atomic mass is 32.2. The Labute approximate surface area is 157 Å². The predicted octanol–water partition coefficient (Wildman–Crippen LogP) is 1.50. The van der Waals surface area contributed by atoms with Crippen LogP contribution in [-0.2, 0) is 21.2 Å². The number of nitrogens with zero attached hydrogens (tertiary/aromatic N) is 1. The van der Waals surface area contributed by atoms with Crippen LogP contribution in [0.5, 0.6) is 0 Å². The van der Waals surface area contributed by atoms with Crippen molar-refractivity contribution in [3.05, 3.63) is 59.2 Å². The molecule has 140 valence electrons. The van der Waals surface area contributed by atoms with Crippen LogP contribution >= 0.6 is 0 Å². The van der Waals surface area contributed by atoms with Gasteiger partial charge in [-0.1, -0.05) is 18.2 Å². The molecular weight excluding hydrogens is 364 g/mol. The standard InChI is InChI=1S/C19H20N4O3S/c20-13-8-9-14-12(10-13)4-3-6-16(14)22-18(24)11-21-19-15-5-1-2-7-17(15)27(25,26)23-19/h1-2,5,7-10,16H,3-4,6,11,20H2,(H,21,23)(H,22,24). The maximum Gasteiger partial charge on any atom is 0.263 e. The van der Waals surface area contributed by atoms with E-state index in [0.29, 0.717) is 5.56 Å². The van der Waals surface area contributed by atoms with Crippen molar-refractivity contribution >= 4 is 27.5 Å². The van der Waals surface area contributed by atoms with Crippen LogP contribution in [0.4, 0.5) is 5.69 Å². The van der Waals surface area contributed by atoms with Crippen LogP contribution in [0.25, 0.3) is 0 Å². The molecule has 0 bridgehead atoms. The summed E-state index contributed by atoms with van der Waals surface area (Å²) >= 11 is 0. The van der Waals surface area contributed by atoms with Crippen molar-refractivity contribution in [2.75, 3.05) is 12.3 Å².